The van der Waals surface area contributed by atoms with E-state index in [2.05, 4.69) is 0 Å². The van der Waals surface area contributed by atoms with Gasteiger partial charge in [-0.15, -0.1) is 0 Å². The van der Waals surface area contributed by atoms with Crippen molar-refractivity contribution >= 4 is 0 Å². The number of ether oxygens (including phenoxy) is 1. The summed E-state index contributed by atoms with van der Waals surface area (Å²) in [6, 6.07) is 1.79. The lowest BCUT2D eigenvalue weighted by molar-refractivity contribution is 0.272. The van der Waals surface area contributed by atoms with Gasteiger partial charge >= 0.3 is 0 Å². The summed E-state index contributed by atoms with van der Waals surface area (Å²) in [6.07, 6.45) is 0. The van der Waals surface area contributed by atoms with Crippen molar-refractivity contribution in [3.8, 4) is 11.5 Å². The minimum absolute atomic E-state index is 0.0539. The van der Waals surface area contributed by atoms with Crippen LogP contribution in [-0.2, 0) is 0 Å². The molecule has 1 atom stereocenters. The molecule has 0 aliphatic rings. The van der Waals surface area contributed by atoms with E-state index < -0.39 is 0 Å². The Hall–Kier alpha value is -1.22. The summed E-state index contributed by atoms with van der Waals surface area (Å²) >= 11 is 0. The number of aromatic hydroxyl groups is 1. The number of phenolic OH excluding ortho intramolecular Hbond substituents is 1. The van der Waals surface area contributed by atoms with Crippen molar-refractivity contribution in [1.82, 2.24) is 0 Å². The predicted octanol–water partition coefficient (Wildman–Crippen LogP) is 2.11. The van der Waals surface area contributed by atoms with E-state index in [-0.39, 0.29) is 18.3 Å². The third-order valence-electron chi connectivity index (χ3n) is 2.90. The topological polar surface area (TPSA) is 49.7 Å². The minimum atomic E-state index is 0.0539. The fraction of sp³-hybridized carbons (Fsp3) is 0.500. The van der Waals surface area contributed by atoms with Gasteiger partial charge < -0.3 is 14.9 Å². The highest BCUT2D eigenvalue weighted by atomic mass is 16.5. The Kier molecular flexibility index (Phi) is 3.58. The lowest BCUT2D eigenvalue weighted by atomic mass is 9.93. The van der Waals surface area contributed by atoms with Gasteiger partial charge in [0.25, 0.3) is 0 Å². The van der Waals surface area contributed by atoms with Crippen LogP contribution < -0.4 is 4.74 Å². The van der Waals surface area contributed by atoms with E-state index in [1.807, 2.05) is 20.8 Å². The molecule has 0 bridgehead atoms. The summed E-state index contributed by atoms with van der Waals surface area (Å²) in [5, 5.41) is 18.9. The average Bonchev–Trinajstić information content (AvgIpc) is 2.25. The van der Waals surface area contributed by atoms with Gasteiger partial charge in [0, 0.05) is 12.5 Å². The van der Waals surface area contributed by atoms with Crippen LogP contribution in [-0.4, -0.2) is 23.9 Å². The summed E-state index contributed by atoms with van der Waals surface area (Å²) < 4.78 is 5.08. The van der Waals surface area contributed by atoms with Gasteiger partial charge in [-0.1, -0.05) is 6.92 Å². The molecule has 1 rings (SSSR count). The SMILES string of the molecule is COc1cc(C(C)CO)c(C)c(C)c1O. The Morgan fingerprint density at radius 1 is 1.33 bits per heavy atom. The van der Waals surface area contributed by atoms with Crippen molar-refractivity contribution in [1.29, 1.82) is 0 Å². The third-order valence-corrected chi connectivity index (χ3v) is 2.90. The fourth-order valence-electron chi connectivity index (χ4n) is 1.66. The molecule has 0 heterocycles. The number of aliphatic hydroxyl groups is 1. The van der Waals surface area contributed by atoms with Crippen molar-refractivity contribution in [3.63, 3.8) is 0 Å². The second kappa shape index (κ2) is 4.53. The van der Waals surface area contributed by atoms with Crippen LogP contribution in [0.25, 0.3) is 0 Å². The maximum atomic E-state index is 9.77. The molecule has 0 saturated heterocycles. The van der Waals surface area contributed by atoms with Crippen LogP contribution in [0.5, 0.6) is 11.5 Å². The summed E-state index contributed by atoms with van der Waals surface area (Å²) in [7, 11) is 1.53. The van der Waals surface area contributed by atoms with E-state index in [0.717, 1.165) is 16.7 Å². The molecule has 0 radical (unpaired) electrons. The first kappa shape index (κ1) is 11.9. The largest absolute Gasteiger partial charge is 0.504 e. The summed E-state index contributed by atoms with van der Waals surface area (Å²) in [6.45, 7) is 5.82. The maximum Gasteiger partial charge on any atom is 0.161 e. The zero-order valence-corrected chi connectivity index (χ0v) is 9.66. The van der Waals surface area contributed by atoms with Gasteiger partial charge in [0.15, 0.2) is 11.5 Å². The maximum absolute atomic E-state index is 9.77. The van der Waals surface area contributed by atoms with E-state index in [1.165, 1.54) is 7.11 Å². The highest BCUT2D eigenvalue weighted by Gasteiger charge is 2.15. The second-order valence-electron chi connectivity index (χ2n) is 3.85. The Morgan fingerprint density at radius 2 is 1.93 bits per heavy atom. The van der Waals surface area contributed by atoms with Crippen molar-refractivity contribution in [2.24, 2.45) is 0 Å². The molecule has 1 aromatic carbocycles. The molecule has 0 aliphatic carbocycles. The lowest BCUT2D eigenvalue weighted by Crippen LogP contribution is -2.04. The number of benzene rings is 1. The number of phenols is 1. The molecule has 1 aromatic rings. The van der Waals surface area contributed by atoms with Crippen LogP contribution in [0.1, 0.15) is 29.5 Å². The molecule has 0 aliphatic heterocycles. The van der Waals surface area contributed by atoms with E-state index in [9.17, 15) is 5.11 Å². The van der Waals surface area contributed by atoms with Crippen molar-refractivity contribution in [2.75, 3.05) is 13.7 Å². The summed E-state index contributed by atoms with van der Waals surface area (Å²) in [4.78, 5) is 0. The Labute approximate surface area is 90.3 Å². The summed E-state index contributed by atoms with van der Waals surface area (Å²) in [5.74, 6) is 0.704. The second-order valence-corrected chi connectivity index (χ2v) is 3.85. The molecule has 3 nitrogen and oxygen atoms in total. The molecule has 1 unspecified atom stereocenters. The number of hydrogen-bond donors (Lipinski definition) is 2. The Bertz CT molecular complexity index is 358. The highest BCUT2D eigenvalue weighted by Crippen LogP contribution is 2.36. The molecular formula is C12H18O3. The first-order valence-electron chi connectivity index (χ1n) is 5.00. The standard InChI is InChI=1S/C12H18O3/c1-7(6-13)10-5-11(15-4)12(14)9(3)8(10)2/h5,7,13-14H,6H2,1-4H3. The van der Waals surface area contributed by atoms with Gasteiger partial charge in [0.05, 0.1) is 7.11 Å². The van der Waals surface area contributed by atoms with Gasteiger partial charge in [0.2, 0.25) is 0 Å². The van der Waals surface area contributed by atoms with E-state index in [1.54, 1.807) is 6.07 Å². The van der Waals surface area contributed by atoms with Crippen LogP contribution in [0.15, 0.2) is 6.07 Å². The first-order chi connectivity index (χ1) is 7.02. The van der Waals surface area contributed by atoms with E-state index in [4.69, 9.17) is 9.84 Å². The number of methoxy groups -OCH3 is 1. The van der Waals surface area contributed by atoms with Crippen LogP contribution in [0.4, 0.5) is 0 Å². The lowest BCUT2D eigenvalue weighted by Gasteiger charge is -2.17. The van der Waals surface area contributed by atoms with Gasteiger partial charge in [-0.2, -0.15) is 0 Å². The molecule has 84 valence electrons. The van der Waals surface area contributed by atoms with Crippen molar-refractivity contribution in [2.45, 2.75) is 26.7 Å². The first-order valence-corrected chi connectivity index (χ1v) is 5.00. The van der Waals surface area contributed by atoms with Crippen LogP contribution in [0.3, 0.4) is 0 Å². The van der Waals surface area contributed by atoms with Gasteiger partial charge in [0.1, 0.15) is 0 Å². The van der Waals surface area contributed by atoms with Gasteiger partial charge in [-0.25, -0.2) is 0 Å². The minimum Gasteiger partial charge on any atom is -0.504 e. The molecule has 0 fully saturated rings. The van der Waals surface area contributed by atoms with Gasteiger partial charge in [-0.3, -0.25) is 0 Å². The number of hydrogen-bond acceptors (Lipinski definition) is 3. The molecule has 0 spiro atoms. The highest BCUT2D eigenvalue weighted by molar-refractivity contribution is 5.53. The van der Waals surface area contributed by atoms with Crippen LogP contribution >= 0.6 is 0 Å². The average molecular weight is 210 g/mol. The normalized spacial score (nSPS) is 12.6. The number of aliphatic hydroxyl groups excluding tert-OH is 1. The van der Waals surface area contributed by atoms with Crippen molar-refractivity contribution in [3.05, 3.63) is 22.8 Å². The Balaban J connectivity index is 3.35. The smallest absolute Gasteiger partial charge is 0.161 e. The van der Waals surface area contributed by atoms with Crippen LogP contribution in [0.2, 0.25) is 0 Å². The van der Waals surface area contributed by atoms with E-state index >= 15 is 0 Å². The molecule has 0 aromatic heterocycles. The molecule has 0 saturated carbocycles. The third kappa shape index (κ3) is 2.07. The van der Waals surface area contributed by atoms with Crippen molar-refractivity contribution < 1.29 is 14.9 Å². The zero-order chi connectivity index (χ0) is 11.6. The van der Waals surface area contributed by atoms with Crippen LogP contribution in [0, 0.1) is 13.8 Å². The quantitative estimate of drug-likeness (QED) is 0.803. The fourth-order valence-corrected chi connectivity index (χ4v) is 1.66. The zero-order valence-electron chi connectivity index (χ0n) is 9.66. The number of rotatable bonds is 3. The predicted molar refractivity (Wildman–Crippen MR) is 59.6 cm³/mol. The van der Waals surface area contributed by atoms with E-state index in [0.29, 0.717) is 5.75 Å². The molecule has 3 heteroatoms. The monoisotopic (exact) mass is 210 g/mol. The molecule has 0 amide bonds. The molecular weight excluding hydrogens is 192 g/mol. The Morgan fingerprint density at radius 3 is 2.40 bits per heavy atom. The van der Waals surface area contributed by atoms with Gasteiger partial charge in [-0.05, 0) is 36.6 Å². The summed E-state index contributed by atoms with van der Waals surface area (Å²) in [5.41, 5.74) is 2.84. The molecule has 15 heavy (non-hydrogen) atoms. The molecule has 2 N–H and O–H groups in total.